The van der Waals surface area contributed by atoms with Gasteiger partial charge in [-0.2, -0.15) is 0 Å². The molecule has 54 valence electrons. The maximum absolute atomic E-state index is 2.84. The second-order valence-corrected chi connectivity index (χ2v) is 4.21. The van der Waals surface area contributed by atoms with Gasteiger partial charge in [0.1, 0.15) is 7.28 Å². The summed E-state index contributed by atoms with van der Waals surface area (Å²) in [7, 11) is 4.23. The molecule has 0 aromatic rings. The van der Waals surface area contributed by atoms with Crippen LogP contribution in [0.1, 0.15) is 27.2 Å². The molecule has 0 rings (SSSR count). The molecule has 0 saturated heterocycles. The lowest BCUT2D eigenvalue weighted by Crippen LogP contribution is -2.02. The van der Waals surface area contributed by atoms with E-state index in [0.717, 1.165) is 11.5 Å². The van der Waals surface area contributed by atoms with Gasteiger partial charge in [-0.25, -0.2) is 0 Å². The first-order chi connectivity index (χ1) is 4.16. The fraction of sp³-hybridized carbons (Fsp3) is 1.00. The van der Waals surface area contributed by atoms with E-state index in [1.54, 1.807) is 0 Å². The van der Waals surface area contributed by atoms with Crippen molar-refractivity contribution in [2.24, 2.45) is 0 Å². The van der Waals surface area contributed by atoms with E-state index < -0.39 is 0 Å². The SMILES string of the molecule is CC[C@H](C)BC[C@H](C)P. The minimum absolute atomic E-state index is 0.805. The quantitative estimate of drug-likeness (QED) is 0.419. The molecular formula is C7H18BP. The second-order valence-electron chi connectivity index (χ2n) is 3.07. The molecule has 0 amide bonds. The largest absolute Gasteiger partial charge is 0.135 e. The molecule has 0 aliphatic rings. The normalized spacial score (nSPS) is 16.9. The molecule has 0 aromatic carbocycles. The Morgan fingerprint density at radius 1 is 1.44 bits per heavy atom. The molecular weight excluding hydrogens is 126 g/mol. The number of rotatable bonds is 4. The lowest BCUT2D eigenvalue weighted by Gasteiger charge is -2.07. The summed E-state index contributed by atoms with van der Waals surface area (Å²) in [6.07, 6.45) is 2.69. The van der Waals surface area contributed by atoms with Gasteiger partial charge in [-0.3, -0.25) is 0 Å². The van der Waals surface area contributed by atoms with E-state index in [1.807, 2.05) is 0 Å². The van der Waals surface area contributed by atoms with E-state index in [-0.39, 0.29) is 0 Å². The Morgan fingerprint density at radius 3 is 2.33 bits per heavy atom. The predicted molar refractivity (Wildman–Crippen MR) is 50.8 cm³/mol. The summed E-state index contributed by atoms with van der Waals surface area (Å²) < 4.78 is 0. The van der Waals surface area contributed by atoms with Crippen LogP contribution in [0.15, 0.2) is 0 Å². The van der Waals surface area contributed by atoms with Crippen molar-refractivity contribution in [3.8, 4) is 0 Å². The Morgan fingerprint density at radius 2 is 2.00 bits per heavy atom. The Labute approximate surface area is 62.2 Å². The van der Waals surface area contributed by atoms with Crippen molar-refractivity contribution in [3.63, 3.8) is 0 Å². The molecule has 0 bridgehead atoms. The summed E-state index contributed by atoms with van der Waals surface area (Å²) in [4.78, 5) is 0. The molecule has 0 aliphatic heterocycles. The van der Waals surface area contributed by atoms with Crippen LogP contribution in [0, 0.1) is 0 Å². The molecule has 3 atom stereocenters. The van der Waals surface area contributed by atoms with E-state index in [4.69, 9.17) is 0 Å². The molecule has 0 heterocycles. The molecule has 0 fully saturated rings. The van der Waals surface area contributed by atoms with Crippen LogP contribution in [0.25, 0.3) is 0 Å². The Bertz CT molecular complexity index is 63.9. The molecule has 0 saturated carbocycles. The third-order valence-corrected chi connectivity index (χ3v) is 2.15. The zero-order valence-corrected chi connectivity index (χ0v) is 8.01. The first kappa shape index (κ1) is 9.49. The minimum atomic E-state index is 0.805. The average molecular weight is 144 g/mol. The van der Waals surface area contributed by atoms with Gasteiger partial charge in [-0.1, -0.05) is 39.3 Å². The molecule has 1 unspecified atom stereocenters. The molecule has 0 N–H and O–H groups in total. The Balaban J connectivity index is 3.06. The van der Waals surface area contributed by atoms with Crippen LogP contribution in [0.5, 0.6) is 0 Å². The molecule has 0 nitrogen and oxygen atoms in total. The monoisotopic (exact) mass is 144 g/mol. The van der Waals surface area contributed by atoms with Gasteiger partial charge in [-0.05, 0) is 5.66 Å². The van der Waals surface area contributed by atoms with Gasteiger partial charge in [0.15, 0.2) is 0 Å². The van der Waals surface area contributed by atoms with Gasteiger partial charge in [0.05, 0.1) is 0 Å². The van der Waals surface area contributed by atoms with Crippen LogP contribution < -0.4 is 0 Å². The second kappa shape index (κ2) is 5.29. The van der Waals surface area contributed by atoms with Gasteiger partial charge in [0.25, 0.3) is 0 Å². The third-order valence-electron chi connectivity index (χ3n) is 1.81. The van der Waals surface area contributed by atoms with Crippen LogP contribution in [-0.2, 0) is 0 Å². The fourth-order valence-electron chi connectivity index (χ4n) is 0.752. The van der Waals surface area contributed by atoms with Crippen LogP contribution in [-0.4, -0.2) is 12.9 Å². The van der Waals surface area contributed by atoms with Crippen molar-refractivity contribution in [2.75, 3.05) is 0 Å². The van der Waals surface area contributed by atoms with E-state index in [1.165, 1.54) is 20.0 Å². The Hall–Kier alpha value is 0.495. The molecule has 2 heteroatoms. The van der Waals surface area contributed by atoms with E-state index in [0.29, 0.717) is 0 Å². The van der Waals surface area contributed by atoms with Gasteiger partial charge < -0.3 is 0 Å². The van der Waals surface area contributed by atoms with Crippen molar-refractivity contribution in [3.05, 3.63) is 0 Å². The molecule has 9 heavy (non-hydrogen) atoms. The van der Waals surface area contributed by atoms with E-state index in [2.05, 4.69) is 30.0 Å². The topological polar surface area (TPSA) is 0 Å². The van der Waals surface area contributed by atoms with Crippen molar-refractivity contribution in [2.45, 2.75) is 45.0 Å². The Kier molecular flexibility index (Phi) is 5.58. The van der Waals surface area contributed by atoms with Crippen LogP contribution in [0.3, 0.4) is 0 Å². The minimum Gasteiger partial charge on any atom is -0.135 e. The zero-order valence-electron chi connectivity index (χ0n) is 6.85. The molecule has 0 radical (unpaired) electrons. The van der Waals surface area contributed by atoms with Crippen molar-refractivity contribution < 1.29 is 0 Å². The highest BCUT2D eigenvalue weighted by Gasteiger charge is 2.02. The number of hydrogen-bond donors (Lipinski definition) is 0. The summed E-state index contributed by atoms with van der Waals surface area (Å²) in [6.45, 7) is 6.85. The summed E-state index contributed by atoms with van der Waals surface area (Å²) in [6, 6.07) is 0. The van der Waals surface area contributed by atoms with Crippen LogP contribution in [0.4, 0.5) is 0 Å². The highest BCUT2D eigenvalue weighted by atomic mass is 31.0. The van der Waals surface area contributed by atoms with Crippen LogP contribution in [0.2, 0.25) is 12.1 Å². The smallest absolute Gasteiger partial charge is 0.124 e. The predicted octanol–water partition coefficient (Wildman–Crippen LogP) is 2.32. The maximum Gasteiger partial charge on any atom is 0.124 e. The van der Waals surface area contributed by atoms with Gasteiger partial charge in [0, 0.05) is 0 Å². The highest BCUT2D eigenvalue weighted by Crippen LogP contribution is 2.12. The molecule has 0 spiro atoms. The first-order valence-corrected chi connectivity index (χ1v) is 4.59. The lowest BCUT2D eigenvalue weighted by atomic mass is 9.61. The highest BCUT2D eigenvalue weighted by molar-refractivity contribution is 7.17. The molecule has 0 aromatic heterocycles. The van der Waals surface area contributed by atoms with Gasteiger partial charge in [0.2, 0.25) is 0 Å². The molecule has 0 aliphatic carbocycles. The van der Waals surface area contributed by atoms with E-state index >= 15 is 0 Å². The summed E-state index contributed by atoms with van der Waals surface area (Å²) in [5.74, 6) is 0.924. The standard InChI is InChI=1S/C7H18BP/c1-4-6(2)8-5-7(3)9/h6-8H,4-5,9H2,1-3H3/t6-,7-/m0/s1. The lowest BCUT2D eigenvalue weighted by molar-refractivity contribution is 0.859. The average Bonchev–Trinajstić information content (AvgIpc) is 1.83. The van der Waals surface area contributed by atoms with Crippen molar-refractivity contribution in [1.82, 2.24) is 0 Å². The summed E-state index contributed by atoms with van der Waals surface area (Å²) in [5, 5.41) is 0. The maximum atomic E-state index is 2.84. The van der Waals surface area contributed by atoms with Crippen molar-refractivity contribution >= 4 is 16.5 Å². The zero-order chi connectivity index (χ0) is 7.28. The summed E-state index contributed by atoms with van der Waals surface area (Å²) >= 11 is 0. The van der Waals surface area contributed by atoms with Crippen LogP contribution >= 0.6 is 9.24 Å². The van der Waals surface area contributed by atoms with Gasteiger partial charge >= 0.3 is 0 Å². The first-order valence-electron chi connectivity index (χ1n) is 3.92. The number of hydrogen-bond acceptors (Lipinski definition) is 0. The van der Waals surface area contributed by atoms with Crippen molar-refractivity contribution in [1.29, 1.82) is 0 Å². The summed E-state index contributed by atoms with van der Waals surface area (Å²) in [5.41, 5.74) is 0.805. The third kappa shape index (κ3) is 6.38. The van der Waals surface area contributed by atoms with E-state index in [9.17, 15) is 0 Å². The fourth-order valence-corrected chi connectivity index (χ4v) is 0.944. The van der Waals surface area contributed by atoms with Gasteiger partial charge in [-0.15, -0.1) is 9.24 Å².